The van der Waals surface area contributed by atoms with Gasteiger partial charge in [0.2, 0.25) is 0 Å². The van der Waals surface area contributed by atoms with E-state index in [1.807, 2.05) is 0 Å². The Bertz CT molecular complexity index is 221. The molecule has 1 rings (SSSR count). The van der Waals surface area contributed by atoms with Gasteiger partial charge in [-0.15, -0.1) is 0 Å². The van der Waals surface area contributed by atoms with Crippen LogP contribution in [-0.2, 0) is 0 Å². The number of aliphatic hydroxyl groups excluding tert-OH is 1. The average molecular weight is 257 g/mol. The van der Waals surface area contributed by atoms with Crippen molar-refractivity contribution >= 4 is 0 Å². The standard InChI is InChI=1S/C14H31N3O/c1-12(2)8-13-10-17(7-5-6-16(3)4)14(11-18)9-15-13/h12-15,18H,5-11H2,1-4H3. The summed E-state index contributed by atoms with van der Waals surface area (Å²) < 4.78 is 0. The van der Waals surface area contributed by atoms with Gasteiger partial charge in [-0.25, -0.2) is 0 Å². The second-order valence-electron chi connectivity index (χ2n) is 6.22. The molecule has 1 aliphatic rings. The topological polar surface area (TPSA) is 38.7 Å². The van der Waals surface area contributed by atoms with E-state index in [1.165, 1.54) is 12.8 Å². The summed E-state index contributed by atoms with van der Waals surface area (Å²) in [6, 6.07) is 0.891. The third-order valence-electron chi connectivity index (χ3n) is 3.63. The molecule has 0 aromatic rings. The van der Waals surface area contributed by atoms with Gasteiger partial charge in [-0.1, -0.05) is 13.8 Å². The van der Waals surface area contributed by atoms with E-state index >= 15 is 0 Å². The van der Waals surface area contributed by atoms with Crippen molar-refractivity contribution < 1.29 is 5.11 Å². The number of hydrogen-bond acceptors (Lipinski definition) is 4. The first-order valence-corrected chi connectivity index (χ1v) is 7.26. The Balaban J connectivity index is 2.38. The van der Waals surface area contributed by atoms with Crippen LogP contribution < -0.4 is 5.32 Å². The first-order chi connectivity index (χ1) is 8.52. The van der Waals surface area contributed by atoms with Crippen molar-refractivity contribution in [2.24, 2.45) is 5.92 Å². The number of nitrogens with one attached hydrogen (secondary N) is 1. The monoisotopic (exact) mass is 257 g/mol. The zero-order chi connectivity index (χ0) is 13.5. The zero-order valence-electron chi connectivity index (χ0n) is 12.5. The lowest BCUT2D eigenvalue weighted by Gasteiger charge is -2.40. The molecule has 4 nitrogen and oxygen atoms in total. The Kier molecular flexibility index (Phi) is 7.15. The van der Waals surface area contributed by atoms with E-state index in [0.717, 1.165) is 32.1 Å². The third kappa shape index (κ3) is 5.65. The molecule has 1 aliphatic heterocycles. The zero-order valence-corrected chi connectivity index (χ0v) is 12.5. The highest BCUT2D eigenvalue weighted by atomic mass is 16.3. The lowest BCUT2D eigenvalue weighted by Crippen LogP contribution is -2.58. The van der Waals surface area contributed by atoms with Crippen LogP contribution in [0.4, 0.5) is 0 Å². The molecule has 0 aromatic carbocycles. The van der Waals surface area contributed by atoms with Crippen LogP contribution >= 0.6 is 0 Å². The van der Waals surface area contributed by atoms with Crippen molar-refractivity contribution in [3.05, 3.63) is 0 Å². The molecule has 1 fully saturated rings. The van der Waals surface area contributed by atoms with Gasteiger partial charge in [0.05, 0.1) is 6.61 Å². The molecular weight excluding hydrogens is 226 g/mol. The van der Waals surface area contributed by atoms with Crippen LogP contribution in [0.1, 0.15) is 26.7 Å². The van der Waals surface area contributed by atoms with Crippen LogP contribution in [-0.4, -0.2) is 73.9 Å². The molecule has 2 N–H and O–H groups in total. The van der Waals surface area contributed by atoms with Gasteiger partial charge in [-0.2, -0.15) is 0 Å². The minimum absolute atomic E-state index is 0.267. The lowest BCUT2D eigenvalue weighted by molar-refractivity contribution is 0.0734. The first-order valence-electron chi connectivity index (χ1n) is 7.26. The Morgan fingerprint density at radius 1 is 1.39 bits per heavy atom. The number of nitrogens with zero attached hydrogens (tertiary/aromatic N) is 2. The first kappa shape index (κ1) is 15.9. The van der Waals surface area contributed by atoms with Crippen LogP contribution in [0.15, 0.2) is 0 Å². The molecule has 2 unspecified atom stereocenters. The van der Waals surface area contributed by atoms with Crippen molar-refractivity contribution in [1.82, 2.24) is 15.1 Å². The molecule has 2 atom stereocenters. The van der Waals surface area contributed by atoms with Gasteiger partial charge in [0, 0.05) is 25.2 Å². The predicted molar refractivity (Wildman–Crippen MR) is 76.9 cm³/mol. The molecular formula is C14H31N3O. The van der Waals surface area contributed by atoms with Crippen LogP contribution in [0.25, 0.3) is 0 Å². The second kappa shape index (κ2) is 8.10. The molecule has 0 aliphatic carbocycles. The molecule has 108 valence electrons. The van der Waals surface area contributed by atoms with Gasteiger partial charge in [0.1, 0.15) is 0 Å². The summed E-state index contributed by atoms with van der Waals surface area (Å²) in [5.41, 5.74) is 0. The highest BCUT2D eigenvalue weighted by Crippen LogP contribution is 2.13. The van der Waals surface area contributed by atoms with Crippen LogP contribution in [0.2, 0.25) is 0 Å². The molecule has 1 saturated heterocycles. The van der Waals surface area contributed by atoms with Crippen LogP contribution in [0, 0.1) is 5.92 Å². The summed E-state index contributed by atoms with van der Waals surface area (Å²) in [5.74, 6) is 0.733. The van der Waals surface area contributed by atoms with Gasteiger partial charge in [-0.05, 0) is 45.9 Å². The molecule has 0 spiro atoms. The predicted octanol–water partition coefficient (Wildman–Crippen LogP) is 0.619. The minimum atomic E-state index is 0.267. The Morgan fingerprint density at radius 3 is 2.67 bits per heavy atom. The molecule has 18 heavy (non-hydrogen) atoms. The van der Waals surface area contributed by atoms with E-state index in [4.69, 9.17) is 0 Å². The minimum Gasteiger partial charge on any atom is -0.395 e. The maximum atomic E-state index is 9.45. The molecule has 4 heteroatoms. The number of hydrogen-bond donors (Lipinski definition) is 2. The third-order valence-corrected chi connectivity index (χ3v) is 3.63. The molecule has 0 aromatic heterocycles. The largest absolute Gasteiger partial charge is 0.395 e. The van der Waals surface area contributed by atoms with E-state index in [0.29, 0.717) is 12.1 Å². The maximum absolute atomic E-state index is 9.45. The van der Waals surface area contributed by atoms with Gasteiger partial charge in [0.25, 0.3) is 0 Å². The smallest absolute Gasteiger partial charge is 0.0599 e. The summed E-state index contributed by atoms with van der Waals surface area (Å²) in [6.07, 6.45) is 2.40. The van der Waals surface area contributed by atoms with Gasteiger partial charge in [-0.3, -0.25) is 4.90 Å². The highest BCUT2D eigenvalue weighted by Gasteiger charge is 2.27. The normalized spacial score (nSPS) is 26.2. The molecule has 1 heterocycles. The van der Waals surface area contributed by atoms with E-state index < -0.39 is 0 Å². The second-order valence-corrected chi connectivity index (χ2v) is 6.22. The number of rotatable bonds is 7. The average Bonchev–Trinajstić information content (AvgIpc) is 2.28. The van der Waals surface area contributed by atoms with Crippen molar-refractivity contribution in [3.63, 3.8) is 0 Å². The quantitative estimate of drug-likeness (QED) is 0.701. The van der Waals surface area contributed by atoms with Gasteiger partial charge < -0.3 is 15.3 Å². The van der Waals surface area contributed by atoms with Crippen molar-refractivity contribution in [1.29, 1.82) is 0 Å². The Hall–Kier alpha value is -0.160. The Morgan fingerprint density at radius 2 is 2.11 bits per heavy atom. The number of piperazine rings is 1. The number of aliphatic hydroxyl groups is 1. The molecule has 0 saturated carbocycles. The summed E-state index contributed by atoms with van der Waals surface area (Å²) >= 11 is 0. The lowest BCUT2D eigenvalue weighted by atomic mass is 10.00. The van der Waals surface area contributed by atoms with Crippen molar-refractivity contribution in [2.75, 3.05) is 46.9 Å². The Labute approximate surface area is 112 Å². The fraction of sp³-hybridized carbons (Fsp3) is 1.00. The van der Waals surface area contributed by atoms with E-state index in [1.54, 1.807) is 0 Å². The highest BCUT2D eigenvalue weighted by molar-refractivity contribution is 4.86. The van der Waals surface area contributed by atoms with Gasteiger partial charge in [0.15, 0.2) is 0 Å². The van der Waals surface area contributed by atoms with E-state index in [9.17, 15) is 5.11 Å². The van der Waals surface area contributed by atoms with Crippen LogP contribution in [0.3, 0.4) is 0 Å². The van der Waals surface area contributed by atoms with E-state index in [-0.39, 0.29) is 6.61 Å². The SMILES string of the molecule is CC(C)CC1CN(CCCN(C)C)C(CO)CN1. The van der Waals surface area contributed by atoms with Crippen LogP contribution in [0.5, 0.6) is 0 Å². The fourth-order valence-electron chi connectivity index (χ4n) is 2.70. The van der Waals surface area contributed by atoms with E-state index in [2.05, 4.69) is 43.1 Å². The molecule has 0 amide bonds. The fourth-order valence-corrected chi connectivity index (χ4v) is 2.70. The summed E-state index contributed by atoms with van der Waals surface area (Å²) in [6.45, 7) is 9.04. The molecule has 0 bridgehead atoms. The molecule has 0 radical (unpaired) electrons. The summed E-state index contributed by atoms with van der Waals surface area (Å²) in [7, 11) is 4.23. The van der Waals surface area contributed by atoms with Gasteiger partial charge >= 0.3 is 0 Å². The summed E-state index contributed by atoms with van der Waals surface area (Å²) in [4.78, 5) is 4.69. The van der Waals surface area contributed by atoms with Crippen molar-refractivity contribution in [2.45, 2.75) is 38.8 Å². The summed E-state index contributed by atoms with van der Waals surface area (Å²) in [5, 5.41) is 13.0. The maximum Gasteiger partial charge on any atom is 0.0599 e. The van der Waals surface area contributed by atoms with Crippen molar-refractivity contribution in [3.8, 4) is 0 Å².